The molecular formula is C28H39N3O4S. The quantitative estimate of drug-likeness (QED) is 0.552. The van der Waals surface area contributed by atoms with Crippen LogP contribution in [0, 0.1) is 20.8 Å². The van der Waals surface area contributed by atoms with Gasteiger partial charge in [0.25, 0.3) is 0 Å². The number of benzene rings is 2. The van der Waals surface area contributed by atoms with Crippen LogP contribution in [0.2, 0.25) is 0 Å². The van der Waals surface area contributed by atoms with Crippen molar-refractivity contribution < 1.29 is 17.9 Å². The summed E-state index contributed by atoms with van der Waals surface area (Å²) in [4.78, 5) is 17.9. The number of ether oxygens (including phenoxy) is 1. The summed E-state index contributed by atoms with van der Waals surface area (Å²) >= 11 is 0. The highest BCUT2D eigenvalue weighted by Crippen LogP contribution is 2.32. The lowest BCUT2D eigenvalue weighted by Crippen LogP contribution is -2.53. The lowest BCUT2D eigenvalue weighted by atomic mass is 9.95. The first kappa shape index (κ1) is 26.5. The highest BCUT2D eigenvalue weighted by molar-refractivity contribution is 7.89. The molecule has 1 saturated carbocycles. The second kappa shape index (κ2) is 11.2. The van der Waals surface area contributed by atoms with Crippen molar-refractivity contribution in [3.05, 3.63) is 53.1 Å². The summed E-state index contributed by atoms with van der Waals surface area (Å²) in [5.74, 6) is 0.696. The van der Waals surface area contributed by atoms with E-state index in [1.807, 2.05) is 62.1 Å². The third kappa shape index (κ3) is 5.54. The Morgan fingerprint density at radius 2 is 1.58 bits per heavy atom. The topological polar surface area (TPSA) is 70.2 Å². The maximum Gasteiger partial charge on any atom is 0.244 e. The molecule has 0 atom stereocenters. The molecule has 2 aromatic carbocycles. The molecule has 0 bridgehead atoms. The van der Waals surface area contributed by atoms with Crippen molar-refractivity contribution in [1.82, 2.24) is 9.21 Å². The Labute approximate surface area is 216 Å². The Hall–Kier alpha value is -2.58. The Morgan fingerprint density at radius 1 is 0.972 bits per heavy atom. The van der Waals surface area contributed by atoms with Crippen LogP contribution in [0.4, 0.5) is 5.69 Å². The first-order chi connectivity index (χ1) is 17.2. The van der Waals surface area contributed by atoms with Gasteiger partial charge in [-0.2, -0.15) is 4.31 Å². The molecule has 2 aromatic rings. The highest BCUT2D eigenvalue weighted by Gasteiger charge is 2.37. The van der Waals surface area contributed by atoms with Crippen molar-refractivity contribution in [2.45, 2.75) is 63.8 Å². The minimum atomic E-state index is -3.82. The number of methoxy groups -OCH3 is 1. The van der Waals surface area contributed by atoms with Gasteiger partial charge in [0.2, 0.25) is 15.9 Å². The molecule has 0 radical (unpaired) electrons. The third-order valence-corrected chi connectivity index (χ3v) is 9.71. The molecule has 0 unspecified atom stereocenters. The average Bonchev–Trinajstić information content (AvgIpc) is 2.86. The smallest absolute Gasteiger partial charge is 0.244 e. The van der Waals surface area contributed by atoms with Crippen LogP contribution >= 0.6 is 0 Å². The van der Waals surface area contributed by atoms with Crippen molar-refractivity contribution >= 4 is 21.6 Å². The van der Waals surface area contributed by atoms with E-state index >= 15 is 0 Å². The van der Waals surface area contributed by atoms with E-state index in [4.69, 9.17) is 4.74 Å². The lowest BCUT2D eigenvalue weighted by molar-refractivity contribution is -0.132. The van der Waals surface area contributed by atoms with Gasteiger partial charge in [-0.25, -0.2) is 8.42 Å². The van der Waals surface area contributed by atoms with Gasteiger partial charge in [0, 0.05) is 32.2 Å². The normalized spacial score (nSPS) is 17.5. The summed E-state index contributed by atoms with van der Waals surface area (Å²) in [6, 6.07) is 11.6. The molecule has 4 rings (SSSR count). The van der Waals surface area contributed by atoms with Gasteiger partial charge in [-0.1, -0.05) is 49.1 Å². The van der Waals surface area contributed by atoms with E-state index in [1.54, 1.807) is 7.11 Å². The summed E-state index contributed by atoms with van der Waals surface area (Å²) in [7, 11) is -2.15. The van der Waals surface area contributed by atoms with Crippen LogP contribution < -0.4 is 9.64 Å². The maximum atomic E-state index is 14.0. The monoisotopic (exact) mass is 513 g/mol. The number of para-hydroxylation sites is 2. The van der Waals surface area contributed by atoms with Gasteiger partial charge in [-0.3, -0.25) is 4.79 Å². The van der Waals surface area contributed by atoms with Gasteiger partial charge >= 0.3 is 0 Å². The fourth-order valence-corrected chi connectivity index (χ4v) is 7.84. The number of sulfonamides is 1. The zero-order chi connectivity index (χ0) is 25.9. The predicted molar refractivity (Wildman–Crippen MR) is 143 cm³/mol. The Bertz CT molecular complexity index is 1160. The van der Waals surface area contributed by atoms with E-state index in [1.165, 1.54) is 4.31 Å². The highest BCUT2D eigenvalue weighted by atomic mass is 32.2. The van der Waals surface area contributed by atoms with Crippen LogP contribution in [-0.2, 0) is 14.8 Å². The SMILES string of the molecule is COc1ccccc1N1CCN(C(=O)CN(C2CCCCC2)S(=O)(=O)c2c(C)cc(C)cc2C)CC1. The molecule has 1 saturated heterocycles. The van der Waals surface area contributed by atoms with Gasteiger partial charge in [-0.05, 0) is 56.9 Å². The number of nitrogens with zero attached hydrogens (tertiary/aromatic N) is 3. The summed E-state index contributed by atoms with van der Waals surface area (Å²) in [5, 5.41) is 0. The molecular weight excluding hydrogens is 474 g/mol. The number of carbonyl (C=O) groups excluding carboxylic acids is 1. The van der Waals surface area contributed by atoms with Crippen molar-refractivity contribution in [3.8, 4) is 5.75 Å². The lowest BCUT2D eigenvalue weighted by Gasteiger charge is -2.39. The minimum Gasteiger partial charge on any atom is -0.495 e. The number of anilines is 1. The zero-order valence-corrected chi connectivity index (χ0v) is 22.8. The molecule has 1 amide bonds. The molecule has 196 valence electrons. The number of rotatable bonds is 7. The third-order valence-electron chi connectivity index (χ3n) is 7.50. The van der Waals surface area contributed by atoms with E-state index in [9.17, 15) is 13.2 Å². The summed E-state index contributed by atoms with van der Waals surface area (Å²) in [6.45, 7) is 8.04. The second-order valence-electron chi connectivity index (χ2n) is 10.1. The molecule has 7 nitrogen and oxygen atoms in total. The van der Waals surface area contributed by atoms with Gasteiger partial charge < -0.3 is 14.5 Å². The Balaban J connectivity index is 1.53. The number of hydrogen-bond donors (Lipinski definition) is 0. The molecule has 2 fully saturated rings. The Morgan fingerprint density at radius 3 is 2.19 bits per heavy atom. The van der Waals surface area contributed by atoms with Crippen LogP contribution in [0.1, 0.15) is 48.8 Å². The summed E-state index contributed by atoms with van der Waals surface area (Å²) < 4.78 is 35.1. The molecule has 0 spiro atoms. The second-order valence-corrected chi connectivity index (χ2v) is 11.9. The van der Waals surface area contributed by atoms with E-state index in [-0.39, 0.29) is 18.5 Å². The molecule has 1 aliphatic carbocycles. The molecule has 0 aromatic heterocycles. The number of carbonyl (C=O) groups is 1. The van der Waals surface area contributed by atoms with E-state index in [2.05, 4.69) is 4.90 Å². The summed E-state index contributed by atoms with van der Waals surface area (Å²) in [5.41, 5.74) is 3.54. The number of aryl methyl sites for hydroxylation is 3. The van der Waals surface area contributed by atoms with E-state index < -0.39 is 10.0 Å². The van der Waals surface area contributed by atoms with E-state index in [0.29, 0.717) is 31.1 Å². The first-order valence-corrected chi connectivity index (χ1v) is 14.4. The largest absolute Gasteiger partial charge is 0.495 e. The molecule has 2 aliphatic rings. The van der Waals surface area contributed by atoms with Crippen LogP contribution in [0.5, 0.6) is 5.75 Å². The molecule has 1 aliphatic heterocycles. The van der Waals surface area contributed by atoms with Crippen molar-refractivity contribution in [2.75, 3.05) is 44.7 Å². The average molecular weight is 514 g/mol. The van der Waals surface area contributed by atoms with Gasteiger partial charge in [-0.15, -0.1) is 0 Å². The standard InChI is InChI=1S/C28H39N3O4S/c1-21-18-22(2)28(23(3)19-21)36(33,34)31(24-10-6-5-7-11-24)20-27(32)30-16-14-29(15-17-30)25-12-8-9-13-26(25)35-4/h8-9,12-13,18-19,24H,5-7,10-11,14-17,20H2,1-4H3. The van der Waals surface area contributed by atoms with Crippen LogP contribution in [-0.4, -0.2) is 69.4 Å². The number of amides is 1. The van der Waals surface area contributed by atoms with Crippen molar-refractivity contribution in [2.24, 2.45) is 0 Å². The molecule has 8 heteroatoms. The van der Waals surface area contributed by atoms with Crippen molar-refractivity contribution in [3.63, 3.8) is 0 Å². The zero-order valence-electron chi connectivity index (χ0n) is 22.0. The first-order valence-electron chi connectivity index (χ1n) is 13.0. The summed E-state index contributed by atoms with van der Waals surface area (Å²) in [6.07, 6.45) is 4.71. The van der Waals surface area contributed by atoms with Crippen molar-refractivity contribution in [1.29, 1.82) is 0 Å². The van der Waals surface area contributed by atoms with Gasteiger partial charge in [0.05, 0.1) is 24.2 Å². The maximum absolute atomic E-state index is 14.0. The minimum absolute atomic E-state index is 0.103. The molecule has 0 N–H and O–H groups in total. The van der Waals surface area contributed by atoms with Crippen LogP contribution in [0.15, 0.2) is 41.3 Å². The fourth-order valence-electron chi connectivity index (χ4n) is 5.79. The molecule has 1 heterocycles. The van der Waals surface area contributed by atoms with Gasteiger partial charge in [0.1, 0.15) is 5.75 Å². The van der Waals surface area contributed by atoms with Crippen LogP contribution in [0.25, 0.3) is 0 Å². The van der Waals surface area contributed by atoms with Crippen LogP contribution in [0.3, 0.4) is 0 Å². The number of hydrogen-bond acceptors (Lipinski definition) is 5. The predicted octanol–water partition coefficient (Wildman–Crippen LogP) is 4.29. The molecule has 36 heavy (non-hydrogen) atoms. The van der Waals surface area contributed by atoms with E-state index in [0.717, 1.165) is 60.2 Å². The van der Waals surface area contributed by atoms with Gasteiger partial charge in [0.15, 0.2) is 0 Å². The fraction of sp³-hybridized carbons (Fsp3) is 0.536. The Kier molecular flexibility index (Phi) is 8.25. The number of piperazine rings is 1.